The Morgan fingerprint density at radius 2 is 1.77 bits per heavy atom. The molecular weight excluding hydrogens is 324 g/mol. The molecule has 26 heavy (non-hydrogen) atoms. The lowest BCUT2D eigenvalue weighted by atomic mass is 9.96. The highest BCUT2D eigenvalue weighted by atomic mass is 16.5. The van der Waals surface area contributed by atoms with Crippen molar-refractivity contribution in [3.05, 3.63) is 82.9 Å². The van der Waals surface area contributed by atoms with Gasteiger partial charge in [-0.15, -0.1) is 0 Å². The van der Waals surface area contributed by atoms with E-state index in [9.17, 15) is 4.79 Å². The lowest BCUT2D eigenvalue weighted by Gasteiger charge is -2.19. The average molecular weight is 340 g/mol. The smallest absolute Gasteiger partial charge is 0.196 e. The third-order valence-electron chi connectivity index (χ3n) is 4.80. The third kappa shape index (κ3) is 2.32. The number of aryl methyl sites for hydroxylation is 1. The number of carbonyl (C=O) groups excluding carboxylic acids is 1. The summed E-state index contributed by atoms with van der Waals surface area (Å²) in [4.78, 5) is 12.8. The molecule has 126 valence electrons. The molecule has 1 aliphatic rings. The summed E-state index contributed by atoms with van der Waals surface area (Å²) in [5.74, 6) is 0.695. The fourth-order valence-corrected chi connectivity index (χ4v) is 3.48. The van der Waals surface area contributed by atoms with Crippen LogP contribution in [0.2, 0.25) is 0 Å². The number of para-hydroxylation sites is 1. The summed E-state index contributed by atoms with van der Waals surface area (Å²) in [5.41, 5.74) is 5.03. The summed E-state index contributed by atoms with van der Waals surface area (Å²) in [6.45, 7) is 2.27. The Hall–Kier alpha value is -3.33. The molecule has 3 heteroatoms. The Morgan fingerprint density at radius 1 is 0.923 bits per heavy atom. The summed E-state index contributed by atoms with van der Waals surface area (Å²) in [6.07, 6.45) is 1.91. The lowest BCUT2D eigenvalue weighted by molar-refractivity contribution is 0.100. The standard InChI is InChI=1S/C23H16O3/c1-14-6-8-20-19(10-14)23(24)16(13-25-20)11-15-7-9-22-18(12-15)17-4-2-3-5-21(17)26-22/h2-12H,13H2,1H3/b16-11+. The van der Waals surface area contributed by atoms with Crippen LogP contribution in [0, 0.1) is 6.92 Å². The fourth-order valence-electron chi connectivity index (χ4n) is 3.48. The van der Waals surface area contributed by atoms with E-state index in [-0.39, 0.29) is 5.78 Å². The zero-order valence-electron chi connectivity index (χ0n) is 14.3. The number of fused-ring (bicyclic) bond motifs is 4. The summed E-state index contributed by atoms with van der Waals surface area (Å²) in [7, 11) is 0. The molecule has 0 saturated carbocycles. The summed E-state index contributed by atoms with van der Waals surface area (Å²) in [6, 6.07) is 19.7. The van der Waals surface area contributed by atoms with E-state index < -0.39 is 0 Å². The fraction of sp³-hybridized carbons (Fsp3) is 0.0870. The van der Waals surface area contributed by atoms with Crippen LogP contribution in [0.15, 0.2) is 70.7 Å². The Balaban J connectivity index is 1.60. The maximum absolute atomic E-state index is 12.8. The predicted octanol–water partition coefficient (Wildman–Crippen LogP) is 5.55. The van der Waals surface area contributed by atoms with E-state index in [2.05, 4.69) is 6.07 Å². The van der Waals surface area contributed by atoms with E-state index in [1.54, 1.807) is 0 Å². The van der Waals surface area contributed by atoms with Crippen LogP contribution in [-0.2, 0) is 0 Å². The first-order valence-electron chi connectivity index (χ1n) is 8.59. The number of Topliss-reactive ketones (excluding diaryl/α,β-unsaturated/α-hetero) is 1. The first-order chi connectivity index (χ1) is 12.7. The predicted molar refractivity (Wildman–Crippen MR) is 103 cm³/mol. The molecule has 0 radical (unpaired) electrons. The molecule has 0 spiro atoms. The van der Waals surface area contributed by atoms with Gasteiger partial charge in [0.25, 0.3) is 0 Å². The molecule has 3 aromatic carbocycles. The van der Waals surface area contributed by atoms with Crippen molar-refractivity contribution in [2.45, 2.75) is 6.92 Å². The van der Waals surface area contributed by atoms with Gasteiger partial charge >= 0.3 is 0 Å². The molecule has 2 heterocycles. The van der Waals surface area contributed by atoms with Crippen molar-refractivity contribution in [1.29, 1.82) is 0 Å². The molecule has 0 saturated heterocycles. The quantitative estimate of drug-likeness (QED) is 0.426. The summed E-state index contributed by atoms with van der Waals surface area (Å²) in [5, 5.41) is 2.13. The molecule has 1 aromatic heterocycles. The number of rotatable bonds is 1. The molecule has 3 nitrogen and oxygen atoms in total. The van der Waals surface area contributed by atoms with Crippen molar-refractivity contribution >= 4 is 33.8 Å². The van der Waals surface area contributed by atoms with Crippen LogP contribution in [0.1, 0.15) is 21.5 Å². The van der Waals surface area contributed by atoms with E-state index in [0.29, 0.717) is 23.5 Å². The number of hydrogen-bond donors (Lipinski definition) is 0. The van der Waals surface area contributed by atoms with Gasteiger partial charge in [0, 0.05) is 16.3 Å². The zero-order chi connectivity index (χ0) is 17.7. The second kappa shape index (κ2) is 5.60. The number of ether oxygens (including phenoxy) is 1. The third-order valence-corrected chi connectivity index (χ3v) is 4.80. The van der Waals surface area contributed by atoms with Gasteiger partial charge in [0.15, 0.2) is 5.78 Å². The van der Waals surface area contributed by atoms with E-state index in [4.69, 9.17) is 9.15 Å². The SMILES string of the molecule is Cc1ccc2c(c1)C(=O)/C(=C/c1ccc3oc4ccccc4c3c1)CO2. The molecule has 0 amide bonds. The first kappa shape index (κ1) is 15.0. The first-order valence-corrected chi connectivity index (χ1v) is 8.59. The number of hydrogen-bond acceptors (Lipinski definition) is 3. The summed E-state index contributed by atoms with van der Waals surface area (Å²) < 4.78 is 11.6. The average Bonchev–Trinajstić information content (AvgIpc) is 3.02. The minimum absolute atomic E-state index is 0.0344. The van der Waals surface area contributed by atoms with Gasteiger partial charge in [-0.1, -0.05) is 35.9 Å². The van der Waals surface area contributed by atoms with Gasteiger partial charge in [0.1, 0.15) is 23.5 Å². The zero-order valence-corrected chi connectivity index (χ0v) is 14.3. The highest BCUT2D eigenvalue weighted by Gasteiger charge is 2.23. The number of furan rings is 1. The highest BCUT2D eigenvalue weighted by molar-refractivity contribution is 6.14. The Kier molecular flexibility index (Phi) is 3.22. The molecule has 0 fully saturated rings. The monoisotopic (exact) mass is 340 g/mol. The minimum atomic E-state index is 0.0344. The van der Waals surface area contributed by atoms with Crippen LogP contribution < -0.4 is 4.74 Å². The molecule has 0 unspecified atom stereocenters. The summed E-state index contributed by atoms with van der Waals surface area (Å²) >= 11 is 0. The van der Waals surface area contributed by atoms with Crippen molar-refractivity contribution in [3.63, 3.8) is 0 Å². The van der Waals surface area contributed by atoms with Crippen LogP contribution in [0.4, 0.5) is 0 Å². The highest BCUT2D eigenvalue weighted by Crippen LogP contribution is 2.31. The van der Waals surface area contributed by atoms with Crippen LogP contribution in [0.3, 0.4) is 0 Å². The van der Waals surface area contributed by atoms with Gasteiger partial charge in [0.05, 0.1) is 5.56 Å². The van der Waals surface area contributed by atoms with Gasteiger partial charge in [-0.25, -0.2) is 0 Å². The normalized spacial score (nSPS) is 15.4. The van der Waals surface area contributed by atoms with Gasteiger partial charge in [-0.2, -0.15) is 0 Å². The molecule has 5 rings (SSSR count). The van der Waals surface area contributed by atoms with Gasteiger partial charge in [0.2, 0.25) is 0 Å². The van der Waals surface area contributed by atoms with E-state index in [0.717, 1.165) is 33.1 Å². The van der Waals surface area contributed by atoms with Crippen molar-refractivity contribution in [3.8, 4) is 5.75 Å². The van der Waals surface area contributed by atoms with Gasteiger partial charge in [-0.05, 0) is 48.9 Å². The van der Waals surface area contributed by atoms with Crippen LogP contribution in [0.5, 0.6) is 5.75 Å². The Labute approximate surface area is 150 Å². The maximum Gasteiger partial charge on any atom is 0.196 e. The molecular formula is C23H16O3. The van der Waals surface area contributed by atoms with Crippen molar-refractivity contribution in [2.24, 2.45) is 0 Å². The molecule has 1 aliphatic heterocycles. The molecule has 0 N–H and O–H groups in total. The van der Waals surface area contributed by atoms with E-state index >= 15 is 0 Å². The largest absolute Gasteiger partial charge is 0.488 e. The van der Waals surface area contributed by atoms with Crippen molar-refractivity contribution < 1.29 is 13.9 Å². The molecule has 4 aromatic rings. The number of carbonyl (C=O) groups is 1. The molecule has 0 bridgehead atoms. The maximum atomic E-state index is 12.8. The van der Waals surface area contributed by atoms with Crippen LogP contribution in [-0.4, -0.2) is 12.4 Å². The molecule has 0 atom stereocenters. The van der Waals surface area contributed by atoms with Gasteiger partial charge < -0.3 is 9.15 Å². The topological polar surface area (TPSA) is 39.4 Å². The van der Waals surface area contributed by atoms with Crippen molar-refractivity contribution in [2.75, 3.05) is 6.61 Å². The minimum Gasteiger partial charge on any atom is -0.488 e. The van der Waals surface area contributed by atoms with Crippen LogP contribution in [0.25, 0.3) is 28.0 Å². The Bertz CT molecular complexity index is 1210. The molecule has 0 aliphatic carbocycles. The second-order valence-corrected chi connectivity index (χ2v) is 6.64. The Morgan fingerprint density at radius 3 is 2.69 bits per heavy atom. The van der Waals surface area contributed by atoms with Gasteiger partial charge in [-0.3, -0.25) is 4.79 Å². The van der Waals surface area contributed by atoms with E-state index in [1.165, 1.54) is 0 Å². The number of ketones is 1. The second-order valence-electron chi connectivity index (χ2n) is 6.64. The van der Waals surface area contributed by atoms with Crippen LogP contribution >= 0.6 is 0 Å². The number of benzene rings is 3. The van der Waals surface area contributed by atoms with E-state index in [1.807, 2.05) is 67.6 Å². The lowest BCUT2D eigenvalue weighted by Crippen LogP contribution is -2.19. The van der Waals surface area contributed by atoms with Crippen molar-refractivity contribution in [1.82, 2.24) is 0 Å².